The molecule has 7 heterocycles. The Morgan fingerprint density at radius 3 is 2.63 bits per heavy atom. The van der Waals surface area contributed by atoms with Crippen LogP contribution in [-0.2, 0) is 37.5 Å². The molecule has 1 aliphatic carbocycles. The van der Waals surface area contributed by atoms with Crippen molar-refractivity contribution >= 4 is 55.2 Å². The molecule has 13 nitrogen and oxygen atoms in total. The van der Waals surface area contributed by atoms with Crippen LogP contribution in [0.1, 0.15) is 64.5 Å². The number of hydrogen-bond acceptors (Lipinski definition) is 11. The molecular formula is C44H53N9O4SSi. The first-order valence-corrected chi connectivity index (χ1v) is 22.9. The van der Waals surface area contributed by atoms with Crippen molar-refractivity contribution in [3.05, 3.63) is 52.6 Å². The number of ether oxygens (including phenoxy) is 1. The Hall–Kier alpha value is -4.62. The van der Waals surface area contributed by atoms with Gasteiger partial charge in [-0.05, 0) is 76.3 Å². The standard InChI is InChI=1S/C44H53N9O4SSi/c1-26-16-30(26)38(54)48-40-44(59-40)20-36-47-34(23-58-36)27-9-10-35-31(18-27)32(19-42(2,3)25-57-39(55)33-8-7-11-52(49-33)41(44)56)37(53(35)43(4,5)24-45)28-17-29(22-46-21-28)51-14-12-50(6)13-15-51/h9-10,17-18,21-23,26,30,33,40,49H,7-8,11-16,19-20,25H2,1-6H3,(H,48,54)/t26-,30-,33-,40?,44?/m0/s1. The zero-order chi connectivity index (χ0) is 41.4. The summed E-state index contributed by atoms with van der Waals surface area (Å²) in [7, 11) is 2.35. The molecule has 5 atom stereocenters. The third-order valence-corrected chi connectivity index (χ3v) is 15.6. The molecule has 2 amide bonds. The number of carbonyl (C=O) groups is 3. The average Bonchev–Trinajstić information content (AvgIpc) is 4.02. The van der Waals surface area contributed by atoms with Gasteiger partial charge in [0.25, 0.3) is 0 Å². The van der Waals surface area contributed by atoms with Crippen LogP contribution in [0.5, 0.6) is 0 Å². The van der Waals surface area contributed by atoms with E-state index in [4.69, 9.17) is 14.7 Å². The number of anilines is 1. The number of benzene rings is 1. The third-order valence-electron chi connectivity index (χ3n) is 13.0. The molecule has 2 unspecified atom stereocenters. The number of nitrogens with one attached hydrogen (secondary N) is 2. The Kier molecular flexibility index (Phi) is 10.0. The van der Waals surface area contributed by atoms with Gasteiger partial charge >= 0.3 is 5.97 Å². The van der Waals surface area contributed by atoms with Gasteiger partial charge in [0.15, 0.2) is 0 Å². The van der Waals surface area contributed by atoms with Crippen LogP contribution in [0.25, 0.3) is 33.4 Å². The molecule has 2 radical (unpaired) electrons. The number of rotatable bonds is 5. The van der Waals surface area contributed by atoms with Crippen molar-refractivity contribution in [2.24, 2.45) is 17.3 Å². The molecule has 308 valence electrons. The smallest absolute Gasteiger partial charge is 0.324 e. The average molecular weight is 832 g/mol. The lowest BCUT2D eigenvalue weighted by Crippen LogP contribution is -2.57. The second-order valence-electron chi connectivity index (χ2n) is 18.7. The summed E-state index contributed by atoms with van der Waals surface area (Å²) < 4.78 is 8.30. The number of carbonyl (C=O) groups excluding carboxylic acids is 3. The number of amides is 2. The quantitative estimate of drug-likeness (QED) is 0.209. The molecule has 59 heavy (non-hydrogen) atoms. The molecular weight excluding hydrogens is 779 g/mol. The normalized spacial score (nSPS) is 27.3. The molecule has 1 spiro atoms. The van der Waals surface area contributed by atoms with Crippen LogP contribution in [0.2, 0.25) is 5.04 Å². The zero-order valence-corrected chi connectivity index (χ0v) is 36.6. The topological polar surface area (TPSA) is 149 Å². The first-order valence-electron chi connectivity index (χ1n) is 20.9. The van der Waals surface area contributed by atoms with Crippen LogP contribution in [0.4, 0.5) is 5.69 Å². The van der Waals surface area contributed by atoms with E-state index in [1.165, 1.54) is 11.3 Å². The van der Waals surface area contributed by atoms with Crippen LogP contribution in [0.3, 0.4) is 0 Å². The number of likely N-dealkylation sites (N-methyl/N-ethyl adjacent to an activating group) is 1. The Morgan fingerprint density at radius 2 is 1.88 bits per heavy atom. The highest BCUT2D eigenvalue weighted by Crippen LogP contribution is 2.52. The first-order chi connectivity index (χ1) is 28.2. The fourth-order valence-electron chi connectivity index (χ4n) is 9.15. The van der Waals surface area contributed by atoms with E-state index in [-0.39, 0.29) is 45.5 Å². The monoisotopic (exact) mass is 831 g/mol. The molecule has 5 aliphatic rings. The van der Waals surface area contributed by atoms with E-state index in [0.29, 0.717) is 38.1 Å². The van der Waals surface area contributed by atoms with Gasteiger partial charge < -0.3 is 24.4 Å². The fourth-order valence-corrected chi connectivity index (χ4v) is 11.6. The predicted molar refractivity (Wildman–Crippen MR) is 229 cm³/mol. The number of hydrazine groups is 1. The van der Waals surface area contributed by atoms with Crippen LogP contribution in [0.15, 0.2) is 42.0 Å². The minimum atomic E-state index is -0.926. The number of thiazole rings is 1. The molecule has 1 aromatic carbocycles. The van der Waals surface area contributed by atoms with E-state index in [2.05, 4.69) is 88.6 Å². The second kappa shape index (κ2) is 14.8. The van der Waals surface area contributed by atoms with Gasteiger partial charge in [0.2, 0.25) is 11.8 Å². The molecule has 6 bridgehead atoms. The lowest BCUT2D eigenvalue weighted by Gasteiger charge is -2.36. The SMILES string of the molecule is C[C@H]1C[C@@H]1C(=O)NC1[Si]C12Cc1nc(cs1)-c1ccc3c(c1)c(c(-c1cncc(N4CCN(C)CC4)c1)n3C(C)(C)C#N)CC(C)(C)COC(=O)[C@@H]1CCCN(N1)C2=O. The number of hydrogen-bond donors (Lipinski definition) is 2. The molecule has 4 aliphatic heterocycles. The summed E-state index contributed by atoms with van der Waals surface area (Å²) in [6.07, 6.45) is 6.84. The van der Waals surface area contributed by atoms with E-state index in [1.54, 1.807) is 5.01 Å². The Morgan fingerprint density at radius 1 is 1.10 bits per heavy atom. The molecule has 9 rings (SSSR count). The summed E-state index contributed by atoms with van der Waals surface area (Å²) in [6, 6.07) is 10.5. The van der Waals surface area contributed by atoms with Crippen molar-refractivity contribution in [3.63, 3.8) is 0 Å². The maximum absolute atomic E-state index is 14.5. The minimum absolute atomic E-state index is 0.000763. The van der Waals surface area contributed by atoms with Gasteiger partial charge in [-0.2, -0.15) is 5.26 Å². The second-order valence-corrected chi connectivity index (χ2v) is 21.4. The Labute approximate surface area is 352 Å². The highest BCUT2D eigenvalue weighted by atomic mass is 32.1. The van der Waals surface area contributed by atoms with Crippen molar-refractivity contribution in [2.45, 2.75) is 89.0 Å². The molecule has 3 aromatic heterocycles. The van der Waals surface area contributed by atoms with Gasteiger partial charge in [0.1, 0.15) is 11.6 Å². The van der Waals surface area contributed by atoms with Crippen LogP contribution in [0, 0.1) is 28.6 Å². The third kappa shape index (κ3) is 7.47. The summed E-state index contributed by atoms with van der Waals surface area (Å²) in [6.45, 7) is 14.5. The van der Waals surface area contributed by atoms with Gasteiger partial charge in [0.05, 0.1) is 61.0 Å². The highest BCUT2D eigenvalue weighted by Gasteiger charge is 2.64. The van der Waals surface area contributed by atoms with Gasteiger partial charge in [-0.1, -0.05) is 26.8 Å². The van der Waals surface area contributed by atoms with Crippen molar-refractivity contribution in [1.29, 1.82) is 5.26 Å². The number of nitrogens with zero attached hydrogens (tertiary/aromatic N) is 7. The number of fused-ring (bicyclic) bond motifs is 6. The largest absolute Gasteiger partial charge is 0.464 e. The van der Waals surface area contributed by atoms with Gasteiger partial charge in [0, 0.05) is 84.2 Å². The van der Waals surface area contributed by atoms with E-state index in [0.717, 1.165) is 82.3 Å². The van der Waals surface area contributed by atoms with Gasteiger partial charge in [-0.3, -0.25) is 24.4 Å². The van der Waals surface area contributed by atoms with Crippen molar-refractivity contribution < 1.29 is 19.1 Å². The van der Waals surface area contributed by atoms with E-state index < -0.39 is 22.0 Å². The fraction of sp³-hybridized carbons (Fsp3) is 0.545. The Balaban J connectivity index is 1.17. The maximum Gasteiger partial charge on any atom is 0.324 e. The van der Waals surface area contributed by atoms with E-state index in [9.17, 15) is 19.6 Å². The molecule has 4 fully saturated rings. The lowest BCUT2D eigenvalue weighted by atomic mass is 9.84. The van der Waals surface area contributed by atoms with Crippen LogP contribution in [-0.4, -0.2) is 110 Å². The predicted octanol–water partition coefficient (Wildman–Crippen LogP) is 4.98. The van der Waals surface area contributed by atoms with Crippen LogP contribution < -0.4 is 15.6 Å². The summed E-state index contributed by atoms with van der Waals surface area (Å²) >= 11 is 1.53. The van der Waals surface area contributed by atoms with Crippen molar-refractivity contribution in [1.82, 2.24) is 35.2 Å². The highest BCUT2D eigenvalue weighted by molar-refractivity contribution is 7.10. The number of cyclic esters (lactones) is 1. The summed E-state index contributed by atoms with van der Waals surface area (Å²) in [4.78, 5) is 56.2. The van der Waals surface area contributed by atoms with Crippen LogP contribution >= 0.6 is 11.3 Å². The maximum atomic E-state index is 14.5. The summed E-state index contributed by atoms with van der Waals surface area (Å²) in [5.41, 5.74) is 8.13. The van der Waals surface area contributed by atoms with Gasteiger partial charge in [-0.15, -0.1) is 11.3 Å². The molecule has 1 saturated carbocycles. The summed E-state index contributed by atoms with van der Waals surface area (Å²) in [5.74, 6) is -0.114. The zero-order valence-electron chi connectivity index (χ0n) is 34.8. The van der Waals surface area contributed by atoms with Gasteiger partial charge in [-0.25, -0.2) is 10.4 Å². The first kappa shape index (κ1) is 39.8. The van der Waals surface area contributed by atoms with E-state index >= 15 is 0 Å². The number of piperazine rings is 1. The number of esters is 1. The number of pyridine rings is 1. The lowest BCUT2D eigenvalue weighted by molar-refractivity contribution is -0.155. The van der Waals surface area contributed by atoms with Crippen molar-refractivity contribution in [3.8, 4) is 28.6 Å². The number of aromatic nitrogens is 3. The molecule has 3 saturated heterocycles. The molecule has 4 aromatic rings. The summed E-state index contributed by atoms with van der Waals surface area (Å²) in [5, 5.41) is 18.6. The number of nitriles is 1. The minimum Gasteiger partial charge on any atom is -0.464 e. The Bertz CT molecular complexity index is 2380. The molecule has 15 heteroatoms. The van der Waals surface area contributed by atoms with Crippen molar-refractivity contribution in [2.75, 3.05) is 51.3 Å². The van der Waals surface area contributed by atoms with E-state index in [1.807, 2.05) is 26.2 Å². The molecule has 2 N–H and O–H groups in total.